The smallest absolute Gasteiger partial charge is 0.222 e. The Morgan fingerprint density at radius 3 is 2.88 bits per heavy atom. The second-order valence-electron chi connectivity index (χ2n) is 5.24. The fourth-order valence-corrected chi connectivity index (χ4v) is 2.47. The van der Waals surface area contributed by atoms with E-state index >= 15 is 0 Å². The number of likely N-dealkylation sites (tertiary alicyclic amines) is 1. The van der Waals surface area contributed by atoms with E-state index in [0.717, 1.165) is 13.1 Å². The summed E-state index contributed by atoms with van der Waals surface area (Å²) in [6, 6.07) is 0.558. The SMILES string of the molecule is CCN1CCCC1CN(C)C(=O)CC(C)CN. The molecule has 1 aliphatic heterocycles. The van der Waals surface area contributed by atoms with Crippen LogP contribution < -0.4 is 5.73 Å². The fraction of sp³-hybridized carbons (Fsp3) is 0.923. The quantitative estimate of drug-likeness (QED) is 0.752. The monoisotopic (exact) mass is 241 g/mol. The minimum Gasteiger partial charge on any atom is -0.344 e. The van der Waals surface area contributed by atoms with E-state index in [1.54, 1.807) is 0 Å². The van der Waals surface area contributed by atoms with Gasteiger partial charge in [-0.1, -0.05) is 13.8 Å². The molecule has 4 heteroatoms. The van der Waals surface area contributed by atoms with Crippen LogP contribution in [0.3, 0.4) is 0 Å². The first kappa shape index (κ1) is 14.5. The molecule has 2 atom stereocenters. The number of likely N-dealkylation sites (N-methyl/N-ethyl adjacent to an activating group) is 2. The molecule has 1 fully saturated rings. The van der Waals surface area contributed by atoms with Crippen LogP contribution >= 0.6 is 0 Å². The third-order valence-corrected chi connectivity index (χ3v) is 3.74. The number of nitrogens with zero attached hydrogens (tertiary/aromatic N) is 2. The minimum absolute atomic E-state index is 0.228. The normalized spacial score (nSPS) is 22.7. The van der Waals surface area contributed by atoms with Crippen molar-refractivity contribution in [3.05, 3.63) is 0 Å². The van der Waals surface area contributed by atoms with Gasteiger partial charge in [0.15, 0.2) is 0 Å². The number of nitrogens with two attached hydrogens (primary N) is 1. The molecular weight excluding hydrogens is 214 g/mol. The first-order chi connectivity index (χ1) is 8.08. The van der Waals surface area contributed by atoms with Gasteiger partial charge in [-0.2, -0.15) is 0 Å². The lowest BCUT2D eigenvalue weighted by atomic mass is 10.1. The highest BCUT2D eigenvalue weighted by atomic mass is 16.2. The van der Waals surface area contributed by atoms with Crippen molar-refractivity contribution in [1.82, 2.24) is 9.80 Å². The summed E-state index contributed by atoms with van der Waals surface area (Å²) in [6.07, 6.45) is 3.06. The van der Waals surface area contributed by atoms with Gasteiger partial charge in [0.1, 0.15) is 0 Å². The molecule has 1 saturated heterocycles. The van der Waals surface area contributed by atoms with Crippen LogP contribution in [0.15, 0.2) is 0 Å². The number of hydrogen-bond donors (Lipinski definition) is 1. The molecule has 2 unspecified atom stereocenters. The number of rotatable bonds is 6. The van der Waals surface area contributed by atoms with Crippen LogP contribution in [0.2, 0.25) is 0 Å². The molecule has 1 aliphatic rings. The predicted octanol–water partition coefficient (Wildman–Crippen LogP) is 0.914. The average Bonchev–Trinajstić information content (AvgIpc) is 2.75. The first-order valence-electron chi connectivity index (χ1n) is 6.76. The Bertz CT molecular complexity index is 245. The summed E-state index contributed by atoms with van der Waals surface area (Å²) >= 11 is 0. The molecule has 4 nitrogen and oxygen atoms in total. The summed E-state index contributed by atoms with van der Waals surface area (Å²) in [7, 11) is 1.91. The lowest BCUT2D eigenvalue weighted by Gasteiger charge is -2.28. The van der Waals surface area contributed by atoms with E-state index in [1.807, 2.05) is 18.9 Å². The van der Waals surface area contributed by atoms with Crippen molar-refractivity contribution in [3.8, 4) is 0 Å². The topological polar surface area (TPSA) is 49.6 Å². The van der Waals surface area contributed by atoms with Crippen molar-refractivity contribution in [2.75, 3.05) is 33.2 Å². The van der Waals surface area contributed by atoms with Crippen LogP contribution in [0.4, 0.5) is 0 Å². The molecule has 0 spiro atoms. The van der Waals surface area contributed by atoms with E-state index in [4.69, 9.17) is 5.73 Å². The summed E-state index contributed by atoms with van der Waals surface area (Å²) < 4.78 is 0. The van der Waals surface area contributed by atoms with Gasteiger partial charge in [-0.25, -0.2) is 0 Å². The van der Waals surface area contributed by atoms with Gasteiger partial charge in [-0.3, -0.25) is 9.69 Å². The number of hydrogen-bond acceptors (Lipinski definition) is 3. The Morgan fingerprint density at radius 2 is 2.29 bits per heavy atom. The molecule has 17 heavy (non-hydrogen) atoms. The second kappa shape index (κ2) is 6.97. The summed E-state index contributed by atoms with van der Waals surface area (Å²) in [5.41, 5.74) is 5.55. The van der Waals surface area contributed by atoms with Gasteiger partial charge in [0.05, 0.1) is 0 Å². The first-order valence-corrected chi connectivity index (χ1v) is 6.76. The van der Waals surface area contributed by atoms with Gasteiger partial charge in [-0.05, 0) is 38.4 Å². The largest absolute Gasteiger partial charge is 0.344 e. The van der Waals surface area contributed by atoms with Crippen LogP contribution in [-0.4, -0.2) is 55.0 Å². The Morgan fingerprint density at radius 1 is 1.59 bits per heavy atom. The number of carbonyl (C=O) groups is 1. The summed E-state index contributed by atoms with van der Waals surface area (Å²) in [4.78, 5) is 16.3. The van der Waals surface area contributed by atoms with Crippen LogP contribution in [0, 0.1) is 5.92 Å². The Kier molecular flexibility index (Phi) is 5.92. The zero-order valence-corrected chi connectivity index (χ0v) is 11.5. The highest BCUT2D eigenvalue weighted by Crippen LogP contribution is 2.17. The molecule has 0 aromatic rings. The van der Waals surface area contributed by atoms with Crippen molar-refractivity contribution in [3.63, 3.8) is 0 Å². The van der Waals surface area contributed by atoms with E-state index < -0.39 is 0 Å². The van der Waals surface area contributed by atoms with Gasteiger partial charge < -0.3 is 10.6 Å². The Hall–Kier alpha value is -0.610. The van der Waals surface area contributed by atoms with Gasteiger partial charge in [0, 0.05) is 26.1 Å². The van der Waals surface area contributed by atoms with E-state index in [1.165, 1.54) is 19.4 Å². The van der Waals surface area contributed by atoms with Crippen molar-refractivity contribution >= 4 is 5.91 Å². The van der Waals surface area contributed by atoms with Crippen molar-refractivity contribution < 1.29 is 4.79 Å². The molecule has 1 rings (SSSR count). The zero-order chi connectivity index (χ0) is 12.8. The van der Waals surface area contributed by atoms with Gasteiger partial charge in [0.25, 0.3) is 0 Å². The summed E-state index contributed by atoms with van der Waals surface area (Å²) in [6.45, 7) is 7.94. The molecule has 0 radical (unpaired) electrons. The molecular formula is C13H27N3O. The van der Waals surface area contributed by atoms with Gasteiger partial charge >= 0.3 is 0 Å². The van der Waals surface area contributed by atoms with Crippen molar-refractivity contribution in [2.24, 2.45) is 11.7 Å². The molecule has 100 valence electrons. The Labute approximate surface area is 105 Å². The summed E-state index contributed by atoms with van der Waals surface area (Å²) in [5.74, 6) is 0.515. The molecule has 0 saturated carbocycles. The number of amides is 1. The van der Waals surface area contributed by atoms with E-state index in [9.17, 15) is 4.79 Å². The molecule has 0 aromatic heterocycles. The maximum Gasteiger partial charge on any atom is 0.222 e. The summed E-state index contributed by atoms with van der Waals surface area (Å²) in [5, 5.41) is 0. The zero-order valence-electron chi connectivity index (χ0n) is 11.5. The maximum absolute atomic E-state index is 11.9. The van der Waals surface area contributed by atoms with E-state index in [-0.39, 0.29) is 11.8 Å². The van der Waals surface area contributed by atoms with Crippen LogP contribution in [0.25, 0.3) is 0 Å². The third kappa shape index (κ3) is 4.28. The maximum atomic E-state index is 11.9. The van der Waals surface area contributed by atoms with Gasteiger partial charge in [0.2, 0.25) is 5.91 Å². The highest BCUT2D eigenvalue weighted by Gasteiger charge is 2.25. The molecule has 1 amide bonds. The molecule has 0 aromatic carbocycles. The van der Waals surface area contributed by atoms with Crippen molar-refractivity contribution in [2.45, 2.75) is 39.2 Å². The molecule has 0 aliphatic carbocycles. The van der Waals surface area contributed by atoms with Crippen LogP contribution in [-0.2, 0) is 4.79 Å². The third-order valence-electron chi connectivity index (χ3n) is 3.74. The predicted molar refractivity (Wildman–Crippen MR) is 70.7 cm³/mol. The van der Waals surface area contributed by atoms with E-state index in [2.05, 4.69) is 11.8 Å². The lowest BCUT2D eigenvalue weighted by molar-refractivity contribution is -0.131. The number of carbonyl (C=O) groups excluding carboxylic acids is 1. The van der Waals surface area contributed by atoms with E-state index in [0.29, 0.717) is 19.0 Å². The molecule has 2 N–H and O–H groups in total. The standard InChI is InChI=1S/C13H27N3O/c1-4-16-7-5-6-12(16)10-15(3)13(17)8-11(2)9-14/h11-12H,4-10,14H2,1-3H3. The van der Waals surface area contributed by atoms with Gasteiger partial charge in [-0.15, -0.1) is 0 Å². The minimum atomic E-state index is 0.228. The van der Waals surface area contributed by atoms with Crippen LogP contribution in [0.1, 0.15) is 33.1 Å². The Balaban J connectivity index is 2.37. The second-order valence-corrected chi connectivity index (χ2v) is 5.24. The lowest BCUT2D eigenvalue weighted by Crippen LogP contribution is -2.41. The fourth-order valence-electron chi connectivity index (χ4n) is 2.47. The average molecular weight is 241 g/mol. The molecule has 0 bridgehead atoms. The van der Waals surface area contributed by atoms with Crippen LogP contribution in [0.5, 0.6) is 0 Å². The van der Waals surface area contributed by atoms with Crippen molar-refractivity contribution in [1.29, 1.82) is 0 Å². The highest BCUT2D eigenvalue weighted by molar-refractivity contribution is 5.76. The molecule has 1 heterocycles.